The predicted molar refractivity (Wildman–Crippen MR) is 99.3 cm³/mol. The molecule has 0 saturated carbocycles. The highest BCUT2D eigenvalue weighted by molar-refractivity contribution is 5.91. The molecule has 0 bridgehead atoms. The number of rotatable bonds is 2. The second kappa shape index (κ2) is 6.78. The van der Waals surface area contributed by atoms with E-state index in [1.807, 2.05) is 18.7 Å². The second-order valence-corrected chi connectivity index (χ2v) is 8.17. The van der Waals surface area contributed by atoms with Crippen molar-refractivity contribution in [3.63, 3.8) is 0 Å². The average Bonchev–Trinajstić information content (AvgIpc) is 3.27. The molecule has 3 aliphatic rings. The van der Waals surface area contributed by atoms with Crippen LogP contribution < -0.4 is 10.6 Å². The Morgan fingerprint density at radius 2 is 1.96 bits per heavy atom. The van der Waals surface area contributed by atoms with Crippen LogP contribution in [0.25, 0.3) is 0 Å². The normalized spacial score (nSPS) is 25.3. The fourth-order valence-corrected chi connectivity index (χ4v) is 4.37. The van der Waals surface area contributed by atoms with E-state index in [-0.39, 0.29) is 17.4 Å². The van der Waals surface area contributed by atoms with Crippen molar-refractivity contribution in [2.75, 3.05) is 44.3 Å². The van der Waals surface area contributed by atoms with Gasteiger partial charge < -0.3 is 20.3 Å². The fourth-order valence-electron chi connectivity index (χ4n) is 4.37. The molecule has 3 fully saturated rings. The largest absolute Gasteiger partial charge is 0.381 e. The summed E-state index contributed by atoms with van der Waals surface area (Å²) in [7, 11) is 0. The van der Waals surface area contributed by atoms with Gasteiger partial charge in [0.2, 0.25) is 5.82 Å². The lowest BCUT2D eigenvalue weighted by molar-refractivity contribution is 0.0522. The quantitative estimate of drug-likeness (QED) is 0.856. The van der Waals surface area contributed by atoms with E-state index in [1.165, 1.54) is 0 Å². The Balaban J connectivity index is 1.52. The molecule has 3 aliphatic heterocycles. The summed E-state index contributed by atoms with van der Waals surface area (Å²) in [4.78, 5) is 26.3. The SMILES string of the molecule is Cc1nc(C(=O)N2CCC3(CCOC3)CC2)nc(N2CC[C@@H](N)C2)c1C. The number of nitrogens with zero attached hydrogens (tertiary/aromatic N) is 4. The number of likely N-dealkylation sites (tertiary alicyclic amines) is 1. The summed E-state index contributed by atoms with van der Waals surface area (Å²) in [6.07, 6.45) is 4.10. The number of anilines is 1. The number of hydrogen-bond donors (Lipinski definition) is 1. The molecule has 1 spiro atoms. The van der Waals surface area contributed by atoms with Gasteiger partial charge in [0.25, 0.3) is 5.91 Å². The van der Waals surface area contributed by atoms with Crippen LogP contribution in [0, 0.1) is 19.3 Å². The van der Waals surface area contributed by atoms with E-state index in [0.717, 1.165) is 82.2 Å². The number of aromatic nitrogens is 2. The number of amides is 1. The summed E-state index contributed by atoms with van der Waals surface area (Å²) < 4.78 is 5.58. The summed E-state index contributed by atoms with van der Waals surface area (Å²) in [5, 5.41) is 0. The highest BCUT2D eigenvalue weighted by Crippen LogP contribution is 2.39. The van der Waals surface area contributed by atoms with Crippen molar-refractivity contribution >= 4 is 11.7 Å². The van der Waals surface area contributed by atoms with Gasteiger partial charge in [0.1, 0.15) is 5.82 Å². The van der Waals surface area contributed by atoms with Crippen LogP contribution >= 0.6 is 0 Å². The molecule has 2 N–H and O–H groups in total. The first-order valence-corrected chi connectivity index (χ1v) is 9.70. The maximum atomic E-state index is 13.0. The number of hydrogen-bond acceptors (Lipinski definition) is 6. The zero-order chi connectivity index (χ0) is 18.3. The summed E-state index contributed by atoms with van der Waals surface area (Å²) in [6, 6.07) is 0.177. The van der Waals surface area contributed by atoms with Crippen molar-refractivity contribution in [3.8, 4) is 0 Å². The van der Waals surface area contributed by atoms with Crippen molar-refractivity contribution in [2.45, 2.75) is 45.6 Å². The van der Waals surface area contributed by atoms with Crippen LogP contribution in [0.2, 0.25) is 0 Å². The Bertz CT molecular complexity index is 691. The molecule has 0 unspecified atom stereocenters. The van der Waals surface area contributed by atoms with Crippen molar-refractivity contribution in [3.05, 3.63) is 17.1 Å². The molecule has 0 aromatic carbocycles. The van der Waals surface area contributed by atoms with Crippen molar-refractivity contribution in [1.82, 2.24) is 14.9 Å². The van der Waals surface area contributed by atoms with E-state index in [2.05, 4.69) is 14.9 Å². The minimum atomic E-state index is -0.0494. The molecule has 142 valence electrons. The van der Waals surface area contributed by atoms with Gasteiger partial charge >= 0.3 is 0 Å². The number of carbonyl (C=O) groups is 1. The molecule has 4 rings (SSSR count). The van der Waals surface area contributed by atoms with Crippen molar-refractivity contribution in [2.24, 2.45) is 11.1 Å². The lowest BCUT2D eigenvalue weighted by Gasteiger charge is -2.38. The third kappa shape index (κ3) is 3.18. The lowest BCUT2D eigenvalue weighted by atomic mass is 9.78. The Kier molecular flexibility index (Phi) is 4.61. The van der Waals surface area contributed by atoms with E-state index in [9.17, 15) is 4.79 Å². The van der Waals surface area contributed by atoms with E-state index in [4.69, 9.17) is 10.5 Å². The minimum absolute atomic E-state index is 0.0494. The van der Waals surface area contributed by atoms with E-state index >= 15 is 0 Å². The molecule has 3 saturated heterocycles. The maximum absolute atomic E-state index is 13.0. The Labute approximate surface area is 154 Å². The van der Waals surface area contributed by atoms with Gasteiger partial charge in [0.15, 0.2) is 0 Å². The van der Waals surface area contributed by atoms with Gasteiger partial charge in [0, 0.05) is 50.1 Å². The number of piperidine rings is 1. The number of carbonyl (C=O) groups excluding carboxylic acids is 1. The highest BCUT2D eigenvalue weighted by Gasteiger charge is 2.39. The summed E-state index contributed by atoms with van der Waals surface area (Å²) in [5.41, 5.74) is 8.25. The molecule has 1 atom stereocenters. The second-order valence-electron chi connectivity index (χ2n) is 8.17. The van der Waals surface area contributed by atoms with Gasteiger partial charge in [-0.2, -0.15) is 0 Å². The van der Waals surface area contributed by atoms with Gasteiger partial charge in [-0.05, 0) is 44.9 Å². The molecule has 0 radical (unpaired) electrons. The molecule has 7 heteroatoms. The first kappa shape index (κ1) is 17.7. The standard InChI is InChI=1S/C19H29N5O2/c1-13-14(2)21-16(22-17(13)24-7-3-15(20)11-24)18(25)23-8-4-19(5-9-23)6-10-26-12-19/h15H,3-12,20H2,1-2H3/t15-/m1/s1. The molecule has 0 aliphatic carbocycles. The third-order valence-electron chi connectivity index (χ3n) is 6.38. The molecule has 1 aromatic rings. The molecule has 1 aromatic heterocycles. The van der Waals surface area contributed by atoms with Crippen LogP contribution in [0.5, 0.6) is 0 Å². The zero-order valence-corrected chi connectivity index (χ0v) is 15.8. The number of ether oxygens (including phenoxy) is 1. The van der Waals surface area contributed by atoms with Crippen LogP contribution in [0.15, 0.2) is 0 Å². The van der Waals surface area contributed by atoms with Crippen LogP contribution in [0.1, 0.15) is 47.6 Å². The maximum Gasteiger partial charge on any atom is 0.291 e. The monoisotopic (exact) mass is 359 g/mol. The van der Waals surface area contributed by atoms with Crippen molar-refractivity contribution in [1.29, 1.82) is 0 Å². The van der Waals surface area contributed by atoms with Gasteiger partial charge in [-0.25, -0.2) is 9.97 Å². The van der Waals surface area contributed by atoms with E-state index in [0.29, 0.717) is 5.82 Å². The first-order chi connectivity index (χ1) is 12.5. The van der Waals surface area contributed by atoms with Gasteiger partial charge in [-0.3, -0.25) is 4.79 Å². The highest BCUT2D eigenvalue weighted by atomic mass is 16.5. The molecule has 26 heavy (non-hydrogen) atoms. The van der Waals surface area contributed by atoms with E-state index < -0.39 is 0 Å². The summed E-state index contributed by atoms with van der Waals surface area (Å²) in [5.74, 6) is 1.14. The Morgan fingerprint density at radius 3 is 2.58 bits per heavy atom. The van der Waals surface area contributed by atoms with Gasteiger partial charge in [-0.15, -0.1) is 0 Å². The van der Waals surface area contributed by atoms with Gasteiger partial charge in [0.05, 0.1) is 6.61 Å². The molecule has 1 amide bonds. The fraction of sp³-hybridized carbons (Fsp3) is 0.737. The van der Waals surface area contributed by atoms with Crippen molar-refractivity contribution < 1.29 is 9.53 Å². The minimum Gasteiger partial charge on any atom is -0.381 e. The van der Waals surface area contributed by atoms with Crippen LogP contribution in [0.3, 0.4) is 0 Å². The summed E-state index contributed by atoms with van der Waals surface area (Å²) >= 11 is 0. The molecular formula is C19H29N5O2. The summed E-state index contributed by atoms with van der Waals surface area (Å²) in [6.45, 7) is 8.88. The first-order valence-electron chi connectivity index (χ1n) is 9.70. The topological polar surface area (TPSA) is 84.6 Å². The average molecular weight is 359 g/mol. The zero-order valence-electron chi connectivity index (χ0n) is 15.8. The Hall–Kier alpha value is -1.73. The predicted octanol–water partition coefficient (Wildman–Crippen LogP) is 1.27. The lowest BCUT2D eigenvalue weighted by Crippen LogP contribution is -2.44. The number of nitrogens with two attached hydrogens (primary N) is 1. The van der Waals surface area contributed by atoms with Gasteiger partial charge in [-0.1, -0.05) is 0 Å². The smallest absolute Gasteiger partial charge is 0.291 e. The molecular weight excluding hydrogens is 330 g/mol. The third-order valence-corrected chi connectivity index (χ3v) is 6.38. The van der Waals surface area contributed by atoms with Crippen LogP contribution in [-0.2, 0) is 4.74 Å². The van der Waals surface area contributed by atoms with Crippen LogP contribution in [0.4, 0.5) is 5.82 Å². The Morgan fingerprint density at radius 1 is 1.19 bits per heavy atom. The molecule has 4 heterocycles. The molecule has 7 nitrogen and oxygen atoms in total. The van der Waals surface area contributed by atoms with Crippen LogP contribution in [-0.4, -0.2) is 66.2 Å². The van der Waals surface area contributed by atoms with E-state index in [1.54, 1.807) is 0 Å². The number of aryl methyl sites for hydroxylation is 1.